The first-order valence-corrected chi connectivity index (χ1v) is 9.54. The number of quaternary nitrogens is 1. The lowest BCUT2D eigenvalue weighted by atomic mass is 9.69. The second kappa shape index (κ2) is 6.95. The molecule has 0 amide bonds. The van der Waals surface area contributed by atoms with Crippen molar-refractivity contribution >= 4 is 11.6 Å². The summed E-state index contributed by atoms with van der Waals surface area (Å²) in [4.78, 5) is 0. The third-order valence-corrected chi connectivity index (χ3v) is 7.30. The van der Waals surface area contributed by atoms with E-state index in [9.17, 15) is 5.11 Å². The summed E-state index contributed by atoms with van der Waals surface area (Å²) < 4.78 is 5.65. The molecule has 0 saturated heterocycles. The Balaban J connectivity index is 1.40. The summed E-state index contributed by atoms with van der Waals surface area (Å²) in [7, 11) is 0. The van der Waals surface area contributed by atoms with Gasteiger partial charge in [0.15, 0.2) is 0 Å². The van der Waals surface area contributed by atoms with Crippen molar-refractivity contribution in [3.05, 3.63) is 34.9 Å². The molecule has 0 aliphatic heterocycles. The van der Waals surface area contributed by atoms with Crippen LogP contribution in [0.5, 0.6) is 0 Å². The van der Waals surface area contributed by atoms with Gasteiger partial charge in [-0.15, -0.1) is 0 Å². The van der Waals surface area contributed by atoms with Gasteiger partial charge in [0.05, 0.1) is 19.3 Å². The fraction of sp³-hybridized carbons (Fsp3) is 0.700. The monoisotopic (exact) mass is 352 g/mol. The van der Waals surface area contributed by atoms with Crippen LogP contribution >= 0.6 is 11.6 Å². The van der Waals surface area contributed by atoms with Gasteiger partial charge in [0.1, 0.15) is 12.6 Å². The van der Waals surface area contributed by atoms with Crippen molar-refractivity contribution < 1.29 is 15.2 Å². The summed E-state index contributed by atoms with van der Waals surface area (Å²) in [5.74, 6) is 0.849. The van der Waals surface area contributed by atoms with E-state index in [1.807, 2.05) is 24.3 Å². The maximum atomic E-state index is 10.2. The summed E-state index contributed by atoms with van der Waals surface area (Å²) >= 11 is 5.87. The van der Waals surface area contributed by atoms with Crippen LogP contribution in [0.25, 0.3) is 0 Å². The Morgan fingerprint density at radius 2 is 2.00 bits per heavy atom. The molecule has 2 aliphatic carbocycles. The molecule has 3 N–H and O–H groups in total. The zero-order valence-electron chi connectivity index (χ0n) is 15.1. The summed E-state index contributed by atoms with van der Waals surface area (Å²) in [6.07, 6.45) is 3.58. The summed E-state index contributed by atoms with van der Waals surface area (Å²) in [6.45, 7) is 8.95. The first-order chi connectivity index (χ1) is 11.3. The van der Waals surface area contributed by atoms with Gasteiger partial charge in [-0.1, -0.05) is 44.5 Å². The second-order valence-electron chi connectivity index (χ2n) is 8.48. The van der Waals surface area contributed by atoms with Gasteiger partial charge in [0.25, 0.3) is 0 Å². The van der Waals surface area contributed by atoms with Crippen LogP contribution < -0.4 is 5.32 Å². The van der Waals surface area contributed by atoms with Gasteiger partial charge in [0, 0.05) is 16.9 Å². The molecular formula is C20H31ClNO2+. The standard InChI is InChI=1S/C20H30ClNO2/c1-19(2)15-8-9-20(19,3)18(10-15)22-11-17(23)13-24-12-14-4-6-16(21)7-5-14/h4-7,15,17-18,22-23H,8-13H2,1-3H3/p+1/t15-,17+,18-,20-/m1/s1. The van der Waals surface area contributed by atoms with E-state index in [0.717, 1.165) is 23.0 Å². The largest absolute Gasteiger partial charge is 0.385 e. The Labute approximate surface area is 150 Å². The van der Waals surface area contributed by atoms with Crippen LogP contribution in [0.1, 0.15) is 45.6 Å². The Hall–Kier alpha value is -0.610. The van der Waals surface area contributed by atoms with E-state index in [-0.39, 0.29) is 0 Å². The van der Waals surface area contributed by atoms with E-state index in [4.69, 9.17) is 16.3 Å². The maximum absolute atomic E-state index is 10.2. The smallest absolute Gasteiger partial charge is 0.126 e. The number of rotatable bonds is 7. The first kappa shape index (κ1) is 18.2. The molecule has 134 valence electrons. The van der Waals surface area contributed by atoms with E-state index in [1.54, 1.807) is 0 Å². The van der Waals surface area contributed by atoms with Crippen LogP contribution in [-0.4, -0.2) is 30.4 Å². The molecule has 4 atom stereocenters. The van der Waals surface area contributed by atoms with Gasteiger partial charge in [-0.05, 0) is 41.9 Å². The zero-order chi connectivity index (χ0) is 17.4. The van der Waals surface area contributed by atoms with Crippen molar-refractivity contribution in [1.29, 1.82) is 0 Å². The number of aliphatic hydroxyl groups is 1. The molecule has 0 spiro atoms. The van der Waals surface area contributed by atoms with Crippen LogP contribution in [0, 0.1) is 16.7 Å². The number of ether oxygens (including phenoxy) is 1. The van der Waals surface area contributed by atoms with Gasteiger partial charge in [0.2, 0.25) is 0 Å². The maximum Gasteiger partial charge on any atom is 0.126 e. The normalized spacial score (nSPS) is 32.2. The molecule has 24 heavy (non-hydrogen) atoms. The minimum Gasteiger partial charge on any atom is -0.385 e. The minimum absolute atomic E-state index is 0.384. The predicted molar refractivity (Wildman–Crippen MR) is 96.9 cm³/mol. The third kappa shape index (κ3) is 3.37. The average Bonchev–Trinajstić information content (AvgIpc) is 2.88. The Kier molecular flexibility index (Phi) is 5.27. The molecule has 4 heteroatoms. The van der Waals surface area contributed by atoms with Crippen molar-refractivity contribution in [2.45, 2.75) is 58.8 Å². The fourth-order valence-electron chi connectivity index (χ4n) is 4.90. The molecule has 0 radical (unpaired) electrons. The number of nitrogens with two attached hydrogens (primary N) is 1. The Bertz CT molecular complexity index is 559. The van der Waals surface area contributed by atoms with Gasteiger partial charge >= 0.3 is 0 Å². The quantitative estimate of drug-likeness (QED) is 0.792. The SMILES string of the molecule is CC1(C)[C@@H]2CC[C@]1(C)[C@H]([NH2+]C[C@H](O)COCc1ccc(Cl)cc1)C2. The summed E-state index contributed by atoms with van der Waals surface area (Å²) in [5, 5.41) is 13.3. The second-order valence-corrected chi connectivity index (χ2v) is 8.92. The average molecular weight is 353 g/mol. The molecule has 2 aliphatic rings. The number of aliphatic hydroxyl groups excluding tert-OH is 1. The Morgan fingerprint density at radius 3 is 2.58 bits per heavy atom. The van der Waals surface area contributed by atoms with E-state index in [1.165, 1.54) is 19.3 Å². The molecule has 2 fully saturated rings. The highest BCUT2D eigenvalue weighted by atomic mass is 35.5. The number of benzene rings is 1. The number of fused-ring (bicyclic) bond motifs is 2. The van der Waals surface area contributed by atoms with Gasteiger partial charge in [-0.2, -0.15) is 0 Å². The molecule has 2 bridgehead atoms. The molecule has 1 aromatic carbocycles. The van der Waals surface area contributed by atoms with E-state index >= 15 is 0 Å². The summed E-state index contributed by atoms with van der Waals surface area (Å²) in [6, 6.07) is 8.28. The van der Waals surface area contributed by atoms with Crippen molar-refractivity contribution in [3.8, 4) is 0 Å². The number of halogens is 1. The first-order valence-electron chi connectivity index (χ1n) is 9.16. The van der Waals surface area contributed by atoms with E-state index in [2.05, 4.69) is 26.1 Å². The molecular weight excluding hydrogens is 322 g/mol. The van der Waals surface area contributed by atoms with Crippen LogP contribution in [0.4, 0.5) is 0 Å². The molecule has 1 aromatic rings. The fourth-order valence-corrected chi connectivity index (χ4v) is 5.03. The lowest BCUT2D eigenvalue weighted by Crippen LogP contribution is -2.94. The molecule has 3 rings (SSSR count). The highest BCUT2D eigenvalue weighted by molar-refractivity contribution is 6.30. The van der Waals surface area contributed by atoms with Crippen LogP contribution in [0.15, 0.2) is 24.3 Å². The van der Waals surface area contributed by atoms with Crippen LogP contribution in [-0.2, 0) is 11.3 Å². The van der Waals surface area contributed by atoms with E-state index < -0.39 is 6.10 Å². The third-order valence-electron chi connectivity index (χ3n) is 7.05. The van der Waals surface area contributed by atoms with Gasteiger partial charge in [-0.25, -0.2) is 0 Å². The molecule has 2 saturated carbocycles. The Morgan fingerprint density at radius 1 is 1.29 bits per heavy atom. The predicted octanol–water partition coefficient (Wildman–Crippen LogP) is 3.00. The van der Waals surface area contributed by atoms with Gasteiger partial charge in [-0.3, -0.25) is 0 Å². The molecule has 3 nitrogen and oxygen atoms in total. The van der Waals surface area contributed by atoms with Crippen molar-refractivity contribution in [1.82, 2.24) is 0 Å². The molecule has 0 aromatic heterocycles. The van der Waals surface area contributed by atoms with E-state index in [0.29, 0.717) is 30.1 Å². The topological polar surface area (TPSA) is 46.1 Å². The highest BCUT2D eigenvalue weighted by Crippen LogP contribution is 2.64. The van der Waals surface area contributed by atoms with Crippen LogP contribution in [0.2, 0.25) is 5.02 Å². The molecule has 0 heterocycles. The molecule has 0 unspecified atom stereocenters. The van der Waals surface area contributed by atoms with Crippen molar-refractivity contribution in [3.63, 3.8) is 0 Å². The minimum atomic E-state index is -0.414. The van der Waals surface area contributed by atoms with Crippen molar-refractivity contribution in [2.24, 2.45) is 16.7 Å². The lowest BCUT2D eigenvalue weighted by molar-refractivity contribution is -0.707. The van der Waals surface area contributed by atoms with Crippen LogP contribution in [0.3, 0.4) is 0 Å². The van der Waals surface area contributed by atoms with Crippen molar-refractivity contribution in [2.75, 3.05) is 13.2 Å². The summed E-state index contributed by atoms with van der Waals surface area (Å²) in [5.41, 5.74) is 1.92. The number of hydrogen-bond acceptors (Lipinski definition) is 2. The highest BCUT2D eigenvalue weighted by Gasteiger charge is 2.63. The van der Waals surface area contributed by atoms with Gasteiger partial charge < -0.3 is 15.2 Å². The zero-order valence-corrected chi connectivity index (χ0v) is 15.9. The lowest BCUT2D eigenvalue weighted by Gasteiger charge is -2.37. The number of hydrogen-bond donors (Lipinski definition) is 2.